The maximum Gasteiger partial charge on any atom is 0.261 e. The second-order valence-electron chi connectivity index (χ2n) is 8.43. The number of fused-ring (bicyclic) bond motifs is 1. The summed E-state index contributed by atoms with van der Waals surface area (Å²) in [5.41, 5.74) is 3.34. The minimum absolute atomic E-state index is 0.0426. The van der Waals surface area contributed by atoms with Crippen LogP contribution in [-0.2, 0) is 14.6 Å². The normalized spacial score (nSPS) is 15.1. The molecule has 1 aliphatic heterocycles. The molecule has 1 fully saturated rings. The van der Waals surface area contributed by atoms with Crippen molar-refractivity contribution in [3.63, 3.8) is 0 Å². The van der Waals surface area contributed by atoms with Crippen LogP contribution in [0.5, 0.6) is 0 Å². The van der Waals surface area contributed by atoms with E-state index >= 15 is 0 Å². The van der Waals surface area contributed by atoms with Gasteiger partial charge in [-0.05, 0) is 55.7 Å². The van der Waals surface area contributed by atoms with E-state index in [0.717, 1.165) is 61.3 Å². The van der Waals surface area contributed by atoms with Crippen LogP contribution in [0.2, 0.25) is 0 Å². The average molecular weight is 488 g/mol. The van der Waals surface area contributed by atoms with Gasteiger partial charge in [-0.3, -0.25) is 14.6 Å². The van der Waals surface area contributed by atoms with Crippen molar-refractivity contribution in [2.75, 3.05) is 50.5 Å². The molecule has 0 radical (unpaired) electrons. The quantitative estimate of drug-likeness (QED) is 0.506. The van der Waals surface area contributed by atoms with Crippen LogP contribution in [0.25, 0.3) is 10.2 Å². The van der Waals surface area contributed by atoms with E-state index in [-0.39, 0.29) is 16.4 Å². The summed E-state index contributed by atoms with van der Waals surface area (Å²) < 4.78 is 31.1. The fourth-order valence-corrected chi connectivity index (χ4v) is 5.91. The lowest BCUT2D eigenvalue weighted by Crippen LogP contribution is -2.39. The fraction of sp³-hybridized carbons (Fsp3) is 0.417. The highest BCUT2D eigenvalue weighted by Crippen LogP contribution is 2.32. The summed E-state index contributed by atoms with van der Waals surface area (Å²) in [6.45, 7) is 8.59. The van der Waals surface area contributed by atoms with Crippen LogP contribution in [0, 0.1) is 13.8 Å². The summed E-state index contributed by atoms with van der Waals surface area (Å²) in [5.74, 6) is -0.342. The highest BCUT2D eigenvalue weighted by atomic mass is 32.2. The number of rotatable bonds is 7. The molecule has 7 nitrogen and oxygen atoms in total. The molecular weight excluding hydrogens is 458 g/mol. The zero-order chi connectivity index (χ0) is 23.6. The Balaban J connectivity index is 1.68. The van der Waals surface area contributed by atoms with Crippen molar-refractivity contribution in [2.45, 2.75) is 25.2 Å². The predicted octanol–water partition coefficient (Wildman–Crippen LogP) is 3.69. The van der Waals surface area contributed by atoms with Gasteiger partial charge in [-0.25, -0.2) is 13.4 Å². The van der Waals surface area contributed by atoms with Crippen LogP contribution < -0.4 is 4.90 Å². The zero-order valence-electron chi connectivity index (χ0n) is 19.2. The molecule has 1 aromatic heterocycles. The third kappa shape index (κ3) is 5.43. The van der Waals surface area contributed by atoms with Gasteiger partial charge in [-0.1, -0.05) is 23.5 Å². The minimum Gasteiger partial charge on any atom is -0.379 e. The Morgan fingerprint density at radius 3 is 2.58 bits per heavy atom. The lowest BCUT2D eigenvalue weighted by atomic mass is 10.1. The van der Waals surface area contributed by atoms with Crippen LogP contribution in [0.15, 0.2) is 41.3 Å². The van der Waals surface area contributed by atoms with E-state index in [1.165, 1.54) is 23.0 Å². The van der Waals surface area contributed by atoms with E-state index < -0.39 is 9.84 Å². The molecule has 0 aliphatic carbocycles. The van der Waals surface area contributed by atoms with Crippen molar-refractivity contribution in [1.29, 1.82) is 0 Å². The first kappa shape index (κ1) is 23.8. The van der Waals surface area contributed by atoms with Crippen LogP contribution in [-0.4, -0.2) is 69.9 Å². The number of sulfone groups is 1. The highest BCUT2D eigenvalue weighted by Gasteiger charge is 2.26. The molecule has 2 aromatic carbocycles. The highest BCUT2D eigenvalue weighted by molar-refractivity contribution is 7.90. The van der Waals surface area contributed by atoms with Gasteiger partial charge < -0.3 is 4.74 Å². The van der Waals surface area contributed by atoms with Crippen molar-refractivity contribution in [2.24, 2.45) is 0 Å². The molecule has 3 aromatic rings. The molecule has 176 valence electrons. The monoisotopic (exact) mass is 487 g/mol. The number of carbonyl (C=O) groups is 1. The third-order valence-electron chi connectivity index (χ3n) is 5.95. The summed E-state index contributed by atoms with van der Waals surface area (Å²) >= 11 is 1.46. The van der Waals surface area contributed by atoms with Gasteiger partial charge in [0.25, 0.3) is 5.91 Å². The summed E-state index contributed by atoms with van der Waals surface area (Å²) in [7, 11) is -3.55. The summed E-state index contributed by atoms with van der Waals surface area (Å²) in [6, 6.07) is 10.5. The summed E-state index contributed by atoms with van der Waals surface area (Å²) in [6.07, 6.45) is 1.88. The molecule has 1 aliphatic rings. The molecule has 0 spiro atoms. The Morgan fingerprint density at radius 1 is 1.15 bits per heavy atom. The lowest BCUT2D eigenvalue weighted by molar-refractivity contribution is 0.0376. The molecule has 4 rings (SSSR count). The van der Waals surface area contributed by atoms with E-state index in [4.69, 9.17) is 9.72 Å². The number of aromatic nitrogens is 1. The van der Waals surface area contributed by atoms with Crippen molar-refractivity contribution >= 4 is 42.4 Å². The van der Waals surface area contributed by atoms with Crippen molar-refractivity contribution < 1.29 is 17.9 Å². The van der Waals surface area contributed by atoms with Gasteiger partial charge in [0.2, 0.25) is 0 Å². The standard InChI is InChI=1S/C24H29N3O4S2/c1-17-15-20-21(16-18(17)2)32-24(25-20)27(10-6-9-26-11-13-31-14-12-26)23(28)19-7-4-5-8-22(19)33(3,29)30/h4-5,7-8,15-16H,6,9-14H2,1-3H3. The van der Waals surface area contributed by atoms with Gasteiger partial charge in [0.05, 0.1) is 33.9 Å². The maximum absolute atomic E-state index is 13.7. The summed E-state index contributed by atoms with van der Waals surface area (Å²) in [5, 5.41) is 0.588. The number of carbonyl (C=O) groups excluding carboxylic acids is 1. The predicted molar refractivity (Wildman–Crippen MR) is 132 cm³/mol. The Kier molecular flexibility index (Phi) is 7.13. The van der Waals surface area contributed by atoms with E-state index in [2.05, 4.69) is 17.9 Å². The van der Waals surface area contributed by atoms with Crippen LogP contribution >= 0.6 is 11.3 Å². The van der Waals surface area contributed by atoms with E-state index in [1.54, 1.807) is 23.1 Å². The molecule has 33 heavy (non-hydrogen) atoms. The van der Waals surface area contributed by atoms with Crippen molar-refractivity contribution in [3.05, 3.63) is 53.1 Å². The largest absolute Gasteiger partial charge is 0.379 e. The molecule has 0 atom stereocenters. The molecule has 0 unspecified atom stereocenters. The number of aryl methyl sites for hydroxylation is 2. The number of anilines is 1. The topological polar surface area (TPSA) is 79.8 Å². The van der Waals surface area contributed by atoms with E-state index in [1.807, 2.05) is 13.0 Å². The molecular formula is C24H29N3O4S2. The van der Waals surface area contributed by atoms with Crippen LogP contribution in [0.1, 0.15) is 27.9 Å². The van der Waals surface area contributed by atoms with E-state index in [9.17, 15) is 13.2 Å². The number of amides is 1. The van der Waals surface area contributed by atoms with Gasteiger partial charge in [0, 0.05) is 32.4 Å². The lowest BCUT2D eigenvalue weighted by Gasteiger charge is -2.28. The first-order valence-electron chi connectivity index (χ1n) is 11.0. The second-order valence-corrected chi connectivity index (χ2v) is 11.4. The molecule has 0 bridgehead atoms. The van der Waals surface area contributed by atoms with Gasteiger partial charge in [0.15, 0.2) is 15.0 Å². The van der Waals surface area contributed by atoms with Gasteiger partial charge >= 0.3 is 0 Å². The molecule has 0 N–H and O–H groups in total. The average Bonchev–Trinajstić information content (AvgIpc) is 3.19. The second kappa shape index (κ2) is 9.89. The Morgan fingerprint density at radius 2 is 1.85 bits per heavy atom. The summed E-state index contributed by atoms with van der Waals surface area (Å²) in [4.78, 5) is 22.5. The van der Waals surface area contributed by atoms with Gasteiger partial charge in [-0.15, -0.1) is 0 Å². The molecule has 2 heterocycles. The molecule has 9 heteroatoms. The Bertz CT molecular complexity index is 1220. The fourth-order valence-electron chi connectivity index (χ4n) is 3.96. The molecule has 0 saturated carbocycles. The van der Waals surface area contributed by atoms with Gasteiger partial charge in [-0.2, -0.15) is 0 Å². The van der Waals surface area contributed by atoms with Crippen molar-refractivity contribution in [1.82, 2.24) is 9.88 Å². The smallest absolute Gasteiger partial charge is 0.261 e. The Labute approximate surface area is 198 Å². The number of ether oxygens (including phenoxy) is 1. The first-order chi connectivity index (χ1) is 15.7. The van der Waals surface area contributed by atoms with Crippen molar-refractivity contribution in [3.8, 4) is 0 Å². The van der Waals surface area contributed by atoms with Crippen LogP contribution in [0.3, 0.4) is 0 Å². The number of thiazole rings is 1. The van der Waals surface area contributed by atoms with E-state index in [0.29, 0.717) is 11.7 Å². The Hall–Kier alpha value is -2.33. The number of nitrogens with zero attached hydrogens (tertiary/aromatic N) is 3. The number of hydrogen-bond donors (Lipinski definition) is 0. The SMILES string of the molecule is Cc1cc2nc(N(CCCN3CCOCC3)C(=O)c3ccccc3S(C)(=O)=O)sc2cc1C. The molecule has 1 amide bonds. The number of hydrogen-bond acceptors (Lipinski definition) is 7. The third-order valence-corrected chi connectivity index (χ3v) is 8.14. The first-order valence-corrected chi connectivity index (χ1v) is 13.7. The zero-order valence-corrected chi connectivity index (χ0v) is 20.8. The number of benzene rings is 2. The minimum atomic E-state index is -3.55. The van der Waals surface area contributed by atoms with Gasteiger partial charge in [0.1, 0.15) is 0 Å². The molecule has 1 saturated heterocycles. The van der Waals surface area contributed by atoms with Crippen LogP contribution in [0.4, 0.5) is 5.13 Å². The maximum atomic E-state index is 13.7. The number of morpholine rings is 1.